The number of amides is 1. The highest BCUT2D eigenvalue weighted by Crippen LogP contribution is 2.34. The number of alkyl halides is 3. The minimum absolute atomic E-state index is 0.212. The molecule has 0 atom stereocenters. The van der Waals surface area contributed by atoms with Gasteiger partial charge in [-0.15, -0.1) is 5.10 Å². The van der Waals surface area contributed by atoms with Gasteiger partial charge in [0.2, 0.25) is 0 Å². The predicted octanol–water partition coefficient (Wildman–Crippen LogP) is 3.57. The molecule has 0 bridgehead atoms. The molecule has 0 saturated heterocycles. The Bertz CT molecular complexity index is 1260. The van der Waals surface area contributed by atoms with Gasteiger partial charge in [0.05, 0.1) is 17.4 Å². The normalized spacial score (nSPS) is 11.5. The Kier molecular flexibility index (Phi) is 4.97. The second-order valence-corrected chi connectivity index (χ2v) is 6.41. The molecule has 0 saturated carbocycles. The van der Waals surface area contributed by atoms with E-state index in [0.717, 1.165) is 18.3 Å². The summed E-state index contributed by atoms with van der Waals surface area (Å²) in [5, 5.41) is 17.1. The number of hydrogen-bond donors (Lipinski definition) is 1. The first kappa shape index (κ1) is 20.2. The van der Waals surface area contributed by atoms with Crippen LogP contribution in [-0.2, 0) is 6.18 Å². The van der Waals surface area contributed by atoms with Crippen molar-refractivity contribution < 1.29 is 22.4 Å². The van der Waals surface area contributed by atoms with E-state index >= 15 is 0 Å². The minimum Gasteiger partial charge on any atom is -0.322 e. The van der Waals surface area contributed by atoms with E-state index in [4.69, 9.17) is 0 Å². The van der Waals surface area contributed by atoms with Crippen LogP contribution in [0.15, 0.2) is 54.7 Å². The average Bonchev–Trinajstić information content (AvgIpc) is 3.35. The Morgan fingerprint density at radius 1 is 1.06 bits per heavy atom. The third kappa shape index (κ3) is 3.86. The molecule has 0 radical (unpaired) electrons. The molecular weight excluding hydrogens is 418 g/mol. The maximum atomic E-state index is 14.1. The molecule has 2 aromatic carbocycles. The molecule has 1 amide bonds. The lowest BCUT2D eigenvalue weighted by Gasteiger charge is -2.13. The number of carbonyl (C=O) groups is 1. The number of aryl methyl sites for hydroxylation is 1. The minimum atomic E-state index is -4.96. The van der Waals surface area contributed by atoms with Gasteiger partial charge in [0.15, 0.2) is 11.5 Å². The highest BCUT2D eigenvalue weighted by atomic mass is 19.4. The van der Waals surface area contributed by atoms with E-state index in [1.807, 2.05) is 0 Å². The van der Waals surface area contributed by atoms with Crippen LogP contribution in [0.1, 0.15) is 21.9 Å². The number of hydrogen-bond acceptors (Lipinski definition) is 5. The van der Waals surface area contributed by atoms with Crippen molar-refractivity contribution in [3.05, 3.63) is 77.6 Å². The Morgan fingerprint density at radius 2 is 1.84 bits per heavy atom. The number of aromatic nitrogens is 6. The molecule has 4 rings (SSSR count). The maximum Gasteiger partial charge on any atom is 0.434 e. The molecule has 2 heterocycles. The quantitative estimate of drug-likeness (QED) is 0.499. The van der Waals surface area contributed by atoms with Gasteiger partial charge in [-0.05, 0) is 47.7 Å². The van der Waals surface area contributed by atoms with Crippen LogP contribution < -0.4 is 5.32 Å². The second kappa shape index (κ2) is 7.63. The fourth-order valence-electron chi connectivity index (χ4n) is 2.98. The number of nitrogens with zero attached hydrogens (tertiary/aromatic N) is 6. The van der Waals surface area contributed by atoms with Crippen LogP contribution in [0.25, 0.3) is 11.4 Å². The van der Waals surface area contributed by atoms with Crippen molar-refractivity contribution in [1.29, 1.82) is 0 Å². The molecule has 8 nitrogen and oxygen atoms in total. The Balaban J connectivity index is 1.70. The zero-order chi connectivity index (χ0) is 22.2. The number of anilines is 1. The van der Waals surface area contributed by atoms with E-state index in [2.05, 4.69) is 25.9 Å². The summed E-state index contributed by atoms with van der Waals surface area (Å²) >= 11 is 0. The number of carbonyl (C=O) groups excluding carboxylic acids is 1. The molecule has 4 aromatic rings. The lowest BCUT2D eigenvalue weighted by Crippen LogP contribution is -2.21. The number of nitrogens with one attached hydrogen (secondary N) is 1. The summed E-state index contributed by atoms with van der Waals surface area (Å²) in [6.45, 7) is 1.66. The van der Waals surface area contributed by atoms with E-state index in [9.17, 15) is 22.4 Å². The van der Waals surface area contributed by atoms with Gasteiger partial charge < -0.3 is 5.32 Å². The van der Waals surface area contributed by atoms with Gasteiger partial charge in [-0.25, -0.2) is 9.07 Å². The van der Waals surface area contributed by atoms with Gasteiger partial charge in [-0.2, -0.15) is 23.0 Å². The van der Waals surface area contributed by atoms with Gasteiger partial charge in [-0.1, -0.05) is 18.2 Å². The van der Waals surface area contributed by atoms with Crippen LogP contribution in [-0.4, -0.2) is 35.9 Å². The van der Waals surface area contributed by atoms with Gasteiger partial charge in [0.1, 0.15) is 11.5 Å². The summed E-state index contributed by atoms with van der Waals surface area (Å²) in [6, 6.07) is 11.1. The zero-order valence-corrected chi connectivity index (χ0v) is 15.8. The predicted molar refractivity (Wildman–Crippen MR) is 100 cm³/mol. The first-order chi connectivity index (χ1) is 14.8. The van der Waals surface area contributed by atoms with E-state index in [0.29, 0.717) is 16.2 Å². The molecule has 0 aliphatic carbocycles. The third-order valence-electron chi connectivity index (χ3n) is 4.34. The smallest absolute Gasteiger partial charge is 0.322 e. The molecule has 12 heteroatoms. The SMILES string of the molecule is Cc1nnnn1-c1cccc(NC(=O)c2cnn(-c3ccccc3F)c2C(F)(F)F)c1. The number of halogens is 4. The monoisotopic (exact) mass is 431 g/mol. The number of tetrazole rings is 1. The summed E-state index contributed by atoms with van der Waals surface area (Å²) in [7, 11) is 0. The lowest BCUT2D eigenvalue weighted by atomic mass is 10.2. The zero-order valence-electron chi connectivity index (χ0n) is 15.8. The van der Waals surface area contributed by atoms with Gasteiger partial charge in [-0.3, -0.25) is 4.79 Å². The van der Waals surface area contributed by atoms with Crippen molar-refractivity contribution >= 4 is 11.6 Å². The molecule has 158 valence electrons. The van der Waals surface area contributed by atoms with E-state index in [1.165, 1.54) is 28.9 Å². The number of para-hydroxylation sites is 1. The molecule has 31 heavy (non-hydrogen) atoms. The Hall–Kier alpha value is -4.09. The van der Waals surface area contributed by atoms with Gasteiger partial charge in [0.25, 0.3) is 5.91 Å². The van der Waals surface area contributed by atoms with Crippen LogP contribution in [0.2, 0.25) is 0 Å². The molecule has 0 fully saturated rings. The molecule has 2 aromatic heterocycles. The number of benzene rings is 2. The fraction of sp³-hybridized carbons (Fsp3) is 0.105. The standard InChI is InChI=1S/C19H13F4N7O/c1-11-26-27-28-29(11)13-6-4-5-12(9-13)25-18(31)14-10-24-30(17(14)19(21,22)23)16-8-3-2-7-15(16)20/h2-10H,1H3,(H,25,31). The summed E-state index contributed by atoms with van der Waals surface area (Å²) < 4.78 is 57.1. The van der Waals surface area contributed by atoms with Crippen molar-refractivity contribution in [3.63, 3.8) is 0 Å². The fourth-order valence-corrected chi connectivity index (χ4v) is 2.98. The van der Waals surface area contributed by atoms with Crippen molar-refractivity contribution in [2.75, 3.05) is 5.32 Å². The van der Waals surface area contributed by atoms with E-state index in [-0.39, 0.29) is 5.69 Å². The summed E-state index contributed by atoms with van der Waals surface area (Å²) in [6.07, 6.45) is -4.21. The van der Waals surface area contributed by atoms with E-state index in [1.54, 1.807) is 19.1 Å². The Labute approximate surface area is 172 Å². The van der Waals surface area contributed by atoms with Crippen molar-refractivity contribution in [2.45, 2.75) is 13.1 Å². The highest BCUT2D eigenvalue weighted by molar-refractivity contribution is 6.05. The maximum absolute atomic E-state index is 14.1. The first-order valence-corrected chi connectivity index (χ1v) is 8.82. The van der Waals surface area contributed by atoms with Gasteiger partial charge in [0, 0.05) is 5.69 Å². The highest BCUT2D eigenvalue weighted by Gasteiger charge is 2.41. The van der Waals surface area contributed by atoms with Crippen molar-refractivity contribution in [3.8, 4) is 11.4 Å². The summed E-state index contributed by atoms with van der Waals surface area (Å²) in [5.74, 6) is -1.48. The van der Waals surface area contributed by atoms with Gasteiger partial charge >= 0.3 is 6.18 Å². The average molecular weight is 431 g/mol. The summed E-state index contributed by atoms with van der Waals surface area (Å²) in [4.78, 5) is 12.7. The van der Waals surface area contributed by atoms with Crippen molar-refractivity contribution in [2.24, 2.45) is 0 Å². The molecule has 0 aliphatic rings. The third-order valence-corrected chi connectivity index (χ3v) is 4.34. The topological polar surface area (TPSA) is 90.5 Å². The number of rotatable bonds is 4. The van der Waals surface area contributed by atoms with Crippen LogP contribution in [0.4, 0.5) is 23.2 Å². The second-order valence-electron chi connectivity index (χ2n) is 6.41. The van der Waals surface area contributed by atoms with E-state index < -0.39 is 34.8 Å². The molecule has 1 N–H and O–H groups in total. The van der Waals surface area contributed by atoms with Crippen LogP contribution in [0.5, 0.6) is 0 Å². The van der Waals surface area contributed by atoms with Crippen LogP contribution >= 0.6 is 0 Å². The summed E-state index contributed by atoms with van der Waals surface area (Å²) in [5.41, 5.74) is -1.85. The lowest BCUT2D eigenvalue weighted by molar-refractivity contribution is -0.143. The first-order valence-electron chi connectivity index (χ1n) is 8.82. The van der Waals surface area contributed by atoms with Crippen molar-refractivity contribution in [1.82, 2.24) is 30.0 Å². The molecule has 0 aliphatic heterocycles. The van der Waals surface area contributed by atoms with Crippen LogP contribution in [0.3, 0.4) is 0 Å². The Morgan fingerprint density at radius 3 is 2.52 bits per heavy atom. The van der Waals surface area contributed by atoms with Crippen LogP contribution in [0, 0.1) is 12.7 Å². The molecular formula is C19H13F4N7O. The molecule has 0 unspecified atom stereocenters. The largest absolute Gasteiger partial charge is 0.434 e. The molecule has 0 spiro atoms.